The third-order valence-electron chi connectivity index (χ3n) is 2.77. The van der Waals surface area contributed by atoms with Crippen LogP contribution in [-0.2, 0) is 0 Å². The Morgan fingerprint density at radius 3 is 2.38 bits per heavy atom. The number of amides is 1. The highest BCUT2D eigenvalue weighted by Gasteiger charge is 2.22. The number of benzene rings is 1. The van der Waals surface area contributed by atoms with Gasteiger partial charge in [0.25, 0.3) is 5.91 Å². The molecule has 1 N–H and O–H groups in total. The SMILES string of the molecule is C[C@@H](NC(=O)c1ccccc1I)C(C)(C)C. The lowest BCUT2D eigenvalue weighted by molar-refractivity contribution is 0.0909. The third-order valence-corrected chi connectivity index (χ3v) is 3.71. The number of hydrogen-bond donors (Lipinski definition) is 1. The summed E-state index contributed by atoms with van der Waals surface area (Å²) in [5.41, 5.74) is 0.829. The van der Waals surface area contributed by atoms with Crippen LogP contribution in [0.5, 0.6) is 0 Å². The summed E-state index contributed by atoms with van der Waals surface area (Å²) in [5.74, 6) is 0.00688. The molecule has 0 unspecified atom stereocenters. The first-order chi connectivity index (χ1) is 7.32. The Hall–Kier alpha value is -0.580. The predicted octanol–water partition coefficient (Wildman–Crippen LogP) is 3.46. The Balaban J connectivity index is 2.78. The van der Waals surface area contributed by atoms with Crippen LogP contribution in [-0.4, -0.2) is 11.9 Å². The minimum Gasteiger partial charge on any atom is -0.349 e. The standard InChI is InChI=1S/C13H18INO/c1-9(13(2,3)4)15-12(16)10-7-5-6-8-11(10)14/h5-9H,1-4H3,(H,15,16)/t9-/m1/s1. The van der Waals surface area contributed by atoms with Crippen molar-refractivity contribution in [1.82, 2.24) is 5.32 Å². The van der Waals surface area contributed by atoms with E-state index in [-0.39, 0.29) is 17.4 Å². The van der Waals surface area contributed by atoms with E-state index in [1.807, 2.05) is 31.2 Å². The maximum absolute atomic E-state index is 12.0. The van der Waals surface area contributed by atoms with Gasteiger partial charge in [0.05, 0.1) is 5.56 Å². The van der Waals surface area contributed by atoms with Gasteiger partial charge in [0.2, 0.25) is 0 Å². The van der Waals surface area contributed by atoms with Crippen LogP contribution in [0.4, 0.5) is 0 Å². The molecular formula is C13H18INO. The molecule has 0 aliphatic carbocycles. The summed E-state index contributed by atoms with van der Waals surface area (Å²) in [7, 11) is 0. The first-order valence-electron chi connectivity index (χ1n) is 5.38. The zero-order valence-corrected chi connectivity index (χ0v) is 12.3. The molecule has 1 atom stereocenters. The van der Waals surface area contributed by atoms with Crippen molar-refractivity contribution in [2.75, 3.05) is 0 Å². The van der Waals surface area contributed by atoms with Crippen LogP contribution in [0.1, 0.15) is 38.1 Å². The molecule has 88 valence electrons. The highest BCUT2D eigenvalue weighted by atomic mass is 127. The van der Waals surface area contributed by atoms with Crippen molar-refractivity contribution in [2.24, 2.45) is 5.41 Å². The van der Waals surface area contributed by atoms with Gasteiger partial charge in [-0.2, -0.15) is 0 Å². The van der Waals surface area contributed by atoms with Crippen molar-refractivity contribution >= 4 is 28.5 Å². The molecule has 0 heterocycles. The molecule has 0 aromatic heterocycles. The summed E-state index contributed by atoms with van der Waals surface area (Å²) >= 11 is 2.18. The highest BCUT2D eigenvalue weighted by molar-refractivity contribution is 14.1. The number of nitrogens with one attached hydrogen (secondary N) is 1. The second-order valence-electron chi connectivity index (χ2n) is 5.04. The fourth-order valence-corrected chi connectivity index (χ4v) is 1.77. The van der Waals surface area contributed by atoms with E-state index in [1.165, 1.54) is 0 Å². The Kier molecular flexibility index (Phi) is 4.35. The average molecular weight is 331 g/mol. The maximum Gasteiger partial charge on any atom is 0.252 e. The molecular weight excluding hydrogens is 313 g/mol. The lowest BCUT2D eigenvalue weighted by Gasteiger charge is -2.28. The first-order valence-corrected chi connectivity index (χ1v) is 6.45. The topological polar surface area (TPSA) is 29.1 Å². The average Bonchev–Trinajstić information content (AvgIpc) is 2.16. The lowest BCUT2D eigenvalue weighted by Crippen LogP contribution is -2.41. The monoisotopic (exact) mass is 331 g/mol. The minimum atomic E-state index is 0.00688. The smallest absolute Gasteiger partial charge is 0.252 e. The highest BCUT2D eigenvalue weighted by Crippen LogP contribution is 2.19. The largest absolute Gasteiger partial charge is 0.349 e. The molecule has 0 radical (unpaired) electrons. The van der Waals surface area contributed by atoms with E-state index in [2.05, 4.69) is 48.7 Å². The van der Waals surface area contributed by atoms with Gasteiger partial charge in [0.15, 0.2) is 0 Å². The Labute approximate surface area is 111 Å². The number of carbonyl (C=O) groups is 1. The van der Waals surface area contributed by atoms with Crippen LogP contribution < -0.4 is 5.32 Å². The molecule has 0 aliphatic heterocycles. The van der Waals surface area contributed by atoms with E-state index < -0.39 is 0 Å². The van der Waals surface area contributed by atoms with Crippen molar-refractivity contribution in [3.05, 3.63) is 33.4 Å². The fourth-order valence-electron chi connectivity index (χ4n) is 1.14. The minimum absolute atomic E-state index is 0.00688. The molecule has 0 aliphatic rings. The van der Waals surface area contributed by atoms with Gasteiger partial charge in [-0.25, -0.2) is 0 Å². The Morgan fingerprint density at radius 1 is 1.31 bits per heavy atom. The van der Waals surface area contributed by atoms with Crippen molar-refractivity contribution < 1.29 is 4.79 Å². The molecule has 1 aromatic carbocycles. The van der Waals surface area contributed by atoms with Gasteiger partial charge in [0.1, 0.15) is 0 Å². The fraction of sp³-hybridized carbons (Fsp3) is 0.462. The van der Waals surface area contributed by atoms with Gasteiger partial charge < -0.3 is 5.32 Å². The van der Waals surface area contributed by atoms with E-state index >= 15 is 0 Å². The maximum atomic E-state index is 12.0. The van der Waals surface area contributed by atoms with Crippen molar-refractivity contribution in [3.8, 4) is 0 Å². The number of halogens is 1. The molecule has 1 amide bonds. The van der Waals surface area contributed by atoms with Crippen molar-refractivity contribution in [1.29, 1.82) is 0 Å². The number of rotatable bonds is 2. The van der Waals surface area contributed by atoms with E-state index in [1.54, 1.807) is 0 Å². The summed E-state index contributed by atoms with van der Waals surface area (Å²) in [6.07, 6.45) is 0. The summed E-state index contributed by atoms with van der Waals surface area (Å²) in [4.78, 5) is 12.0. The van der Waals surface area contributed by atoms with E-state index in [9.17, 15) is 4.79 Å². The Morgan fingerprint density at radius 2 is 1.88 bits per heavy atom. The molecule has 0 bridgehead atoms. The van der Waals surface area contributed by atoms with Crippen LogP contribution in [0.3, 0.4) is 0 Å². The molecule has 3 heteroatoms. The van der Waals surface area contributed by atoms with Gasteiger partial charge in [-0.1, -0.05) is 32.9 Å². The molecule has 0 saturated carbocycles. The predicted molar refractivity (Wildman–Crippen MR) is 75.5 cm³/mol. The van der Waals surface area contributed by atoms with Crippen LogP contribution >= 0.6 is 22.6 Å². The van der Waals surface area contributed by atoms with Crippen LogP contribution in [0.15, 0.2) is 24.3 Å². The van der Waals surface area contributed by atoms with Crippen LogP contribution in [0.25, 0.3) is 0 Å². The summed E-state index contributed by atoms with van der Waals surface area (Å²) in [6, 6.07) is 7.77. The first kappa shape index (κ1) is 13.5. The van der Waals surface area contributed by atoms with Crippen molar-refractivity contribution in [2.45, 2.75) is 33.7 Å². The Bertz CT molecular complexity index is 382. The molecule has 16 heavy (non-hydrogen) atoms. The van der Waals surface area contributed by atoms with Crippen molar-refractivity contribution in [3.63, 3.8) is 0 Å². The molecule has 0 fully saturated rings. The quantitative estimate of drug-likeness (QED) is 0.827. The summed E-state index contributed by atoms with van der Waals surface area (Å²) in [6.45, 7) is 8.39. The second-order valence-corrected chi connectivity index (χ2v) is 6.20. The lowest BCUT2D eigenvalue weighted by atomic mass is 9.88. The van der Waals surface area contributed by atoms with E-state index in [0.29, 0.717) is 0 Å². The normalized spacial score (nSPS) is 13.3. The number of hydrogen-bond acceptors (Lipinski definition) is 1. The van der Waals surface area contributed by atoms with Gasteiger partial charge in [-0.05, 0) is 47.1 Å². The number of carbonyl (C=O) groups excluding carboxylic acids is 1. The van der Waals surface area contributed by atoms with Gasteiger partial charge in [-0.15, -0.1) is 0 Å². The van der Waals surface area contributed by atoms with Crippen LogP contribution in [0, 0.1) is 8.99 Å². The molecule has 0 saturated heterocycles. The molecule has 0 spiro atoms. The van der Waals surface area contributed by atoms with Gasteiger partial charge in [-0.3, -0.25) is 4.79 Å². The van der Waals surface area contributed by atoms with Crippen LogP contribution in [0.2, 0.25) is 0 Å². The summed E-state index contributed by atoms with van der Waals surface area (Å²) < 4.78 is 0.985. The van der Waals surface area contributed by atoms with E-state index in [0.717, 1.165) is 9.13 Å². The molecule has 1 rings (SSSR count). The molecule has 1 aromatic rings. The zero-order valence-electron chi connectivity index (χ0n) is 10.2. The van der Waals surface area contributed by atoms with E-state index in [4.69, 9.17) is 0 Å². The third kappa shape index (κ3) is 3.47. The second kappa shape index (κ2) is 5.17. The summed E-state index contributed by atoms with van der Waals surface area (Å²) in [5, 5.41) is 3.03. The van der Waals surface area contributed by atoms with Gasteiger partial charge >= 0.3 is 0 Å². The van der Waals surface area contributed by atoms with Gasteiger partial charge in [0, 0.05) is 9.61 Å². The molecule has 2 nitrogen and oxygen atoms in total. The zero-order chi connectivity index (χ0) is 12.3.